The molecule has 2 aromatic carbocycles. The van der Waals surface area contributed by atoms with Crippen LogP contribution in [0.5, 0.6) is 0 Å². The summed E-state index contributed by atoms with van der Waals surface area (Å²) < 4.78 is 19.8. The van der Waals surface area contributed by atoms with E-state index in [0.717, 1.165) is 22.1 Å². The predicted molar refractivity (Wildman–Crippen MR) is 78.9 cm³/mol. The Kier molecular flexibility index (Phi) is 3.07. The zero-order chi connectivity index (χ0) is 14.3. The number of halogens is 1. The molecular formula is C17H16FNO. The molecule has 20 heavy (non-hydrogen) atoms. The molecule has 2 nitrogen and oxygen atoms in total. The van der Waals surface area contributed by atoms with E-state index in [1.165, 1.54) is 6.07 Å². The van der Waals surface area contributed by atoms with Crippen LogP contribution in [-0.2, 0) is 0 Å². The molecule has 102 valence electrons. The highest BCUT2D eigenvalue weighted by Gasteiger charge is 2.13. The van der Waals surface area contributed by atoms with E-state index in [9.17, 15) is 4.39 Å². The predicted octanol–water partition coefficient (Wildman–Crippen LogP) is 4.57. The zero-order valence-corrected chi connectivity index (χ0v) is 11.5. The van der Waals surface area contributed by atoms with Gasteiger partial charge in [0.25, 0.3) is 0 Å². The van der Waals surface area contributed by atoms with E-state index in [1.807, 2.05) is 38.1 Å². The van der Waals surface area contributed by atoms with Gasteiger partial charge in [0.2, 0.25) is 0 Å². The highest BCUT2D eigenvalue weighted by atomic mass is 19.1. The Hall–Kier alpha value is -2.13. The van der Waals surface area contributed by atoms with Crippen molar-refractivity contribution in [2.24, 2.45) is 5.73 Å². The van der Waals surface area contributed by atoms with Crippen LogP contribution in [0.1, 0.15) is 24.1 Å². The molecule has 0 aliphatic carbocycles. The Morgan fingerprint density at radius 2 is 1.90 bits per heavy atom. The van der Waals surface area contributed by atoms with Crippen LogP contribution in [0.15, 0.2) is 46.9 Å². The molecule has 3 heteroatoms. The molecule has 3 rings (SSSR count). The van der Waals surface area contributed by atoms with Crippen molar-refractivity contribution in [3.05, 3.63) is 59.4 Å². The zero-order valence-electron chi connectivity index (χ0n) is 11.5. The fourth-order valence-corrected chi connectivity index (χ4v) is 2.31. The van der Waals surface area contributed by atoms with Gasteiger partial charge in [0.1, 0.15) is 17.2 Å². The minimum Gasteiger partial charge on any atom is -0.456 e. The smallest absolute Gasteiger partial charge is 0.138 e. The van der Waals surface area contributed by atoms with Crippen molar-refractivity contribution in [1.29, 1.82) is 0 Å². The van der Waals surface area contributed by atoms with Gasteiger partial charge < -0.3 is 10.2 Å². The van der Waals surface area contributed by atoms with E-state index in [2.05, 4.69) is 0 Å². The molecule has 1 unspecified atom stereocenters. The lowest BCUT2D eigenvalue weighted by atomic mass is 10.0. The maximum atomic E-state index is 14.0. The van der Waals surface area contributed by atoms with Gasteiger partial charge in [-0.3, -0.25) is 0 Å². The van der Waals surface area contributed by atoms with Crippen LogP contribution in [0, 0.1) is 12.7 Å². The lowest BCUT2D eigenvalue weighted by molar-refractivity contribution is 0.600. The molecule has 0 aliphatic rings. The molecule has 2 N–H and O–H groups in total. The first kappa shape index (κ1) is 12.9. The normalized spacial score (nSPS) is 12.8. The minimum atomic E-state index is -0.301. The van der Waals surface area contributed by atoms with Crippen LogP contribution < -0.4 is 5.73 Å². The van der Waals surface area contributed by atoms with Crippen molar-refractivity contribution < 1.29 is 8.81 Å². The third kappa shape index (κ3) is 2.21. The maximum absolute atomic E-state index is 14.0. The Labute approximate surface area is 117 Å². The van der Waals surface area contributed by atoms with Crippen molar-refractivity contribution in [1.82, 2.24) is 0 Å². The van der Waals surface area contributed by atoms with Crippen LogP contribution in [0.4, 0.5) is 4.39 Å². The van der Waals surface area contributed by atoms with Gasteiger partial charge >= 0.3 is 0 Å². The fraction of sp³-hybridized carbons (Fsp3) is 0.176. The number of fused-ring (bicyclic) bond motifs is 1. The molecule has 3 aromatic rings. The summed E-state index contributed by atoms with van der Waals surface area (Å²) in [4.78, 5) is 0. The van der Waals surface area contributed by atoms with Gasteiger partial charge in [0, 0.05) is 11.4 Å². The number of hydrogen-bond donors (Lipinski definition) is 1. The van der Waals surface area contributed by atoms with E-state index in [1.54, 1.807) is 12.1 Å². The summed E-state index contributed by atoms with van der Waals surface area (Å²) in [6.07, 6.45) is 0. The molecule has 1 atom stereocenters. The Balaban J connectivity index is 2.17. The lowest BCUT2D eigenvalue weighted by Gasteiger charge is -2.07. The molecule has 0 aliphatic heterocycles. The van der Waals surface area contributed by atoms with E-state index in [4.69, 9.17) is 10.2 Å². The van der Waals surface area contributed by atoms with Crippen LogP contribution in [0.25, 0.3) is 22.3 Å². The Morgan fingerprint density at radius 1 is 1.10 bits per heavy atom. The van der Waals surface area contributed by atoms with Crippen molar-refractivity contribution in [3.63, 3.8) is 0 Å². The van der Waals surface area contributed by atoms with Gasteiger partial charge in [-0.05, 0) is 49.7 Å². The van der Waals surface area contributed by atoms with Crippen LogP contribution >= 0.6 is 0 Å². The molecule has 0 saturated heterocycles. The SMILES string of the molecule is Cc1ccc2oc(-c3cc(C(C)N)ccc3F)cc2c1. The summed E-state index contributed by atoms with van der Waals surface area (Å²) in [7, 11) is 0. The summed E-state index contributed by atoms with van der Waals surface area (Å²) in [6, 6.07) is 12.5. The van der Waals surface area contributed by atoms with Gasteiger partial charge in [-0.2, -0.15) is 0 Å². The van der Waals surface area contributed by atoms with Crippen molar-refractivity contribution >= 4 is 11.0 Å². The molecule has 0 fully saturated rings. The summed E-state index contributed by atoms with van der Waals surface area (Å²) in [5.74, 6) is 0.232. The minimum absolute atomic E-state index is 0.138. The van der Waals surface area contributed by atoms with E-state index >= 15 is 0 Å². The van der Waals surface area contributed by atoms with Crippen molar-refractivity contribution in [3.8, 4) is 11.3 Å². The van der Waals surface area contributed by atoms with E-state index in [-0.39, 0.29) is 11.9 Å². The van der Waals surface area contributed by atoms with Crippen molar-refractivity contribution in [2.45, 2.75) is 19.9 Å². The highest BCUT2D eigenvalue weighted by molar-refractivity contribution is 5.83. The number of furan rings is 1. The summed E-state index contributed by atoms with van der Waals surface area (Å²) in [6.45, 7) is 3.89. The number of hydrogen-bond acceptors (Lipinski definition) is 2. The lowest BCUT2D eigenvalue weighted by Crippen LogP contribution is -2.05. The summed E-state index contributed by atoms with van der Waals surface area (Å²) in [5.41, 5.74) is 9.10. The topological polar surface area (TPSA) is 39.2 Å². The third-order valence-corrected chi connectivity index (χ3v) is 3.45. The number of nitrogens with two attached hydrogens (primary N) is 1. The number of rotatable bonds is 2. The molecule has 0 spiro atoms. The average molecular weight is 269 g/mol. The van der Waals surface area contributed by atoms with Gasteiger partial charge in [-0.1, -0.05) is 17.7 Å². The maximum Gasteiger partial charge on any atom is 0.138 e. The standard InChI is InChI=1S/C17H16FNO/c1-10-3-6-16-13(7-10)9-17(20-16)14-8-12(11(2)19)4-5-15(14)18/h3-9,11H,19H2,1-2H3. The highest BCUT2D eigenvalue weighted by Crippen LogP contribution is 2.31. The van der Waals surface area contributed by atoms with Gasteiger partial charge in [-0.25, -0.2) is 4.39 Å². The molecule has 0 radical (unpaired) electrons. The Bertz CT molecular complexity index is 774. The van der Waals surface area contributed by atoms with Crippen LogP contribution in [-0.4, -0.2) is 0 Å². The average Bonchev–Trinajstić information content (AvgIpc) is 2.81. The Morgan fingerprint density at radius 3 is 2.65 bits per heavy atom. The molecular weight excluding hydrogens is 253 g/mol. The first-order valence-electron chi connectivity index (χ1n) is 6.60. The van der Waals surface area contributed by atoms with Crippen molar-refractivity contribution in [2.75, 3.05) is 0 Å². The second-order valence-electron chi connectivity index (χ2n) is 5.18. The summed E-state index contributed by atoms with van der Waals surface area (Å²) >= 11 is 0. The van der Waals surface area contributed by atoms with Gasteiger partial charge in [0.05, 0.1) is 5.56 Å². The summed E-state index contributed by atoms with van der Waals surface area (Å²) in [5, 5.41) is 0.977. The van der Waals surface area contributed by atoms with Gasteiger partial charge in [0.15, 0.2) is 0 Å². The first-order chi connectivity index (χ1) is 9.54. The molecule has 0 saturated carbocycles. The number of benzene rings is 2. The third-order valence-electron chi connectivity index (χ3n) is 3.45. The molecule has 0 bridgehead atoms. The van der Waals surface area contributed by atoms with E-state index < -0.39 is 0 Å². The van der Waals surface area contributed by atoms with Crippen LogP contribution in [0.3, 0.4) is 0 Å². The monoisotopic (exact) mass is 269 g/mol. The fourth-order valence-electron chi connectivity index (χ4n) is 2.31. The second-order valence-corrected chi connectivity index (χ2v) is 5.18. The molecule has 1 aromatic heterocycles. The quantitative estimate of drug-likeness (QED) is 0.740. The second kappa shape index (κ2) is 4.76. The van der Waals surface area contributed by atoms with E-state index in [0.29, 0.717) is 11.3 Å². The first-order valence-corrected chi connectivity index (χ1v) is 6.60. The molecule has 0 amide bonds. The van der Waals surface area contributed by atoms with Gasteiger partial charge in [-0.15, -0.1) is 0 Å². The molecule has 1 heterocycles. The largest absolute Gasteiger partial charge is 0.456 e. The number of aryl methyl sites for hydroxylation is 1. The van der Waals surface area contributed by atoms with Crippen LogP contribution in [0.2, 0.25) is 0 Å².